The van der Waals surface area contributed by atoms with Crippen molar-refractivity contribution in [1.82, 2.24) is 9.80 Å². The molecule has 1 heterocycles. The summed E-state index contributed by atoms with van der Waals surface area (Å²) in [6.07, 6.45) is 0. The molecule has 2 aromatic rings. The molecule has 1 aliphatic rings. The number of rotatable bonds is 3. The molecule has 0 radical (unpaired) electrons. The molecule has 27 heavy (non-hydrogen) atoms. The third kappa shape index (κ3) is 4.71. The van der Waals surface area contributed by atoms with E-state index < -0.39 is 0 Å². The summed E-state index contributed by atoms with van der Waals surface area (Å²) in [5.41, 5.74) is 2.37. The predicted octanol–water partition coefficient (Wildman–Crippen LogP) is 3.40. The molecule has 0 atom stereocenters. The summed E-state index contributed by atoms with van der Waals surface area (Å²) in [4.78, 5) is 30.5. The van der Waals surface area contributed by atoms with Crippen LogP contribution in [0.2, 0.25) is 5.02 Å². The number of nitrogens with one attached hydrogen (secondary N) is 1. The number of hydrogen-bond acceptors (Lipinski definition) is 3. The Morgan fingerprint density at radius 3 is 2.19 bits per heavy atom. The van der Waals surface area contributed by atoms with Gasteiger partial charge in [0.1, 0.15) is 0 Å². The smallest absolute Gasteiger partial charge is 0.321 e. The van der Waals surface area contributed by atoms with Crippen LogP contribution < -0.4 is 10.2 Å². The molecule has 0 saturated carbocycles. The number of benzene rings is 2. The summed E-state index contributed by atoms with van der Waals surface area (Å²) in [5.74, 6) is -0.00444. The molecule has 7 heteroatoms. The normalized spacial score (nSPS) is 14.0. The fourth-order valence-electron chi connectivity index (χ4n) is 2.97. The van der Waals surface area contributed by atoms with E-state index in [1.165, 1.54) is 0 Å². The second-order valence-electron chi connectivity index (χ2n) is 6.66. The van der Waals surface area contributed by atoms with Gasteiger partial charge in [-0.3, -0.25) is 4.79 Å². The number of hydrogen-bond donors (Lipinski definition) is 1. The minimum atomic E-state index is -0.181. The Kier molecular flexibility index (Phi) is 5.86. The van der Waals surface area contributed by atoms with Gasteiger partial charge in [0.2, 0.25) is 0 Å². The van der Waals surface area contributed by atoms with E-state index in [1.807, 2.05) is 43.3 Å². The van der Waals surface area contributed by atoms with Gasteiger partial charge < -0.3 is 20.0 Å². The molecular weight excluding hydrogens is 364 g/mol. The summed E-state index contributed by atoms with van der Waals surface area (Å²) in [5, 5.41) is 3.41. The number of carbonyl (C=O) groups is 2. The van der Waals surface area contributed by atoms with Crippen LogP contribution in [0, 0.1) is 0 Å². The van der Waals surface area contributed by atoms with Crippen LogP contribution in [0.4, 0.5) is 16.2 Å². The Morgan fingerprint density at radius 1 is 0.963 bits per heavy atom. The fraction of sp³-hybridized carbons (Fsp3) is 0.300. The molecule has 1 saturated heterocycles. The van der Waals surface area contributed by atoms with E-state index in [9.17, 15) is 9.59 Å². The SMILES string of the molecule is CN(C)c1ccc(C(=O)N2CCN(C(=O)Nc3cccc(Cl)c3)CC2)cc1. The highest BCUT2D eigenvalue weighted by molar-refractivity contribution is 6.30. The number of piperazine rings is 1. The number of nitrogens with zero attached hydrogens (tertiary/aromatic N) is 3. The third-order valence-electron chi connectivity index (χ3n) is 4.56. The first-order valence-corrected chi connectivity index (χ1v) is 9.20. The number of anilines is 2. The molecule has 142 valence electrons. The van der Waals surface area contributed by atoms with Crippen molar-refractivity contribution >= 4 is 34.9 Å². The van der Waals surface area contributed by atoms with E-state index >= 15 is 0 Å². The van der Waals surface area contributed by atoms with E-state index in [0.717, 1.165) is 5.69 Å². The van der Waals surface area contributed by atoms with Gasteiger partial charge in [0, 0.05) is 62.2 Å². The molecule has 1 aliphatic heterocycles. The highest BCUT2D eigenvalue weighted by atomic mass is 35.5. The fourth-order valence-corrected chi connectivity index (χ4v) is 3.16. The van der Waals surface area contributed by atoms with Crippen molar-refractivity contribution < 1.29 is 9.59 Å². The van der Waals surface area contributed by atoms with Crippen LogP contribution in [-0.2, 0) is 0 Å². The van der Waals surface area contributed by atoms with Crippen molar-refractivity contribution in [3.05, 3.63) is 59.1 Å². The van der Waals surface area contributed by atoms with Crippen molar-refractivity contribution in [2.45, 2.75) is 0 Å². The van der Waals surface area contributed by atoms with Gasteiger partial charge in [0.05, 0.1) is 0 Å². The predicted molar refractivity (Wildman–Crippen MR) is 109 cm³/mol. The zero-order valence-corrected chi connectivity index (χ0v) is 16.2. The van der Waals surface area contributed by atoms with E-state index in [0.29, 0.717) is 42.5 Å². The van der Waals surface area contributed by atoms with Crippen LogP contribution in [-0.4, -0.2) is 62.0 Å². The average Bonchev–Trinajstić information content (AvgIpc) is 2.67. The van der Waals surface area contributed by atoms with Gasteiger partial charge in [-0.25, -0.2) is 4.79 Å². The number of amides is 3. The Labute approximate surface area is 164 Å². The van der Waals surface area contributed by atoms with Gasteiger partial charge in [0.25, 0.3) is 5.91 Å². The Hall–Kier alpha value is -2.73. The Bertz CT molecular complexity index is 815. The lowest BCUT2D eigenvalue weighted by molar-refractivity contribution is 0.0671. The van der Waals surface area contributed by atoms with Gasteiger partial charge in [-0.05, 0) is 42.5 Å². The lowest BCUT2D eigenvalue weighted by Crippen LogP contribution is -2.51. The molecule has 3 rings (SSSR count). The van der Waals surface area contributed by atoms with Gasteiger partial charge >= 0.3 is 6.03 Å². The van der Waals surface area contributed by atoms with Crippen LogP contribution in [0.3, 0.4) is 0 Å². The van der Waals surface area contributed by atoms with Crippen LogP contribution in [0.1, 0.15) is 10.4 Å². The largest absolute Gasteiger partial charge is 0.378 e. The lowest BCUT2D eigenvalue weighted by Gasteiger charge is -2.34. The molecule has 6 nitrogen and oxygen atoms in total. The maximum Gasteiger partial charge on any atom is 0.321 e. The molecule has 0 aromatic heterocycles. The maximum atomic E-state index is 12.7. The minimum Gasteiger partial charge on any atom is -0.378 e. The maximum absolute atomic E-state index is 12.7. The molecule has 0 bridgehead atoms. The van der Waals surface area contributed by atoms with Gasteiger partial charge in [0.15, 0.2) is 0 Å². The minimum absolute atomic E-state index is 0.00444. The Morgan fingerprint density at radius 2 is 1.59 bits per heavy atom. The summed E-state index contributed by atoms with van der Waals surface area (Å²) < 4.78 is 0. The number of carbonyl (C=O) groups excluding carboxylic acids is 2. The molecule has 3 amide bonds. The summed E-state index contributed by atoms with van der Waals surface area (Å²) in [6, 6.07) is 14.4. The molecule has 0 aliphatic carbocycles. The molecule has 0 unspecified atom stereocenters. The van der Waals surface area contributed by atoms with Gasteiger partial charge in [-0.2, -0.15) is 0 Å². The highest BCUT2D eigenvalue weighted by Crippen LogP contribution is 2.17. The molecule has 0 spiro atoms. The van der Waals surface area contributed by atoms with Gasteiger partial charge in [-0.15, -0.1) is 0 Å². The van der Waals surface area contributed by atoms with Crippen LogP contribution >= 0.6 is 11.6 Å². The molecular formula is C20H23ClN4O2. The Balaban J connectivity index is 1.54. The van der Waals surface area contributed by atoms with E-state index in [2.05, 4.69) is 5.32 Å². The third-order valence-corrected chi connectivity index (χ3v) is 4.80. The van der Waals surface area contributed by atoms with Crippen molar-refractivity contribution in [1.29, 1.82) is 0 Å². The number of urea groups is 1. The molecule has 1 N–H and O–H groups in total. The quantitative estimate of drug-likeness (QED) is 0.879. The summed E-state index contributed by atoms with van der Waals surface area (Å²) >= 11 is 5.94. The van der Waals surface area contributed by atoms with E-state index in [4.69, 9.17) is 11.6 Å². The summed E-state index contributed by atoms with van der Waals surface area (Å²) in [6.45, 7) is 2.01. The van der Waals surface area contributed by atoms with Crippen molar-refractivity contribution in [3.8, 4) is 0 Å². The first-order chi connectivity index (χ1) is 12.9. The average molecular weight is 387 g/mol. The second kappa shape index (κ2) is 8.31. The first-order valence-electron chi connectivity index (χ1n) is 8.82. The highest BCUT2D eigenvalue weighted by Gasteiger charge is 2.25. The monoisotopic (exact) mass is 386 g/mol. The molecule has 2 aromatic carbocycles. The van der Waals surface area contributed by atoms with E-state index in [1.54, 1.807) is 34.1 Å². The van der Waals surface area contributed by atoms with Crippen LogP contribution in [0.15, 0.2) is 48.5 Å². The topological polar surface area (TPSA) is 55.9 Å². The van der Waals surface area contributed by atoms with Crippen molar-refractivity contribution in [3.63, 3.8) is 0 Å². The first kappa shape index (κ1) is 19.0. The zero-order chi connectivity index (χ0) is 19.4. The number of halogens is 1. The van der Waals surface area contributed by atoms with Crippen LogP contribution in [0.5, 0.6) is 0 Å². The lowest BCUT2D eigenvalue weighted by atomic mass is 10.1. The summed E-state index contributed by atoms with van der Waals surface area (Å²) in [7, 11) is 3.93. The zero-order valence-electron chi connectivity index (χ0n) is 15.5. The van der Waals surface area contributed by atoms with Crippen molar-refractivity contribution in [2.75, 3.05) is 50.5 Å². The standard InChI is InChI=1S/C20H23ClN4O2/c1-23(2)18-8-6-15(7-9-18)19(26)24-10-12-25(13-11-24)20(27)22-17-5-3-4-16(21)14-17/h3-9,14H,10-13H2,1-2H3,(H,22,27). The second-order valence-corrected chi connectivity index (χ2v) is 7.10. The van der Waals surface area contributed by atoms with E-state index in [-0.39, 0.29) is 11.9 Å². The van der Waals surface area contributed by atoms with Gasteiger partial charge in [-0.1, -0.05) is 17.7 Å². The van der Waals surface area contributed by atoms with Crippen molar-refractivity contribution in [2.24, 2.45) is 0 Å². The van der Waals surface area contributed by atoms with Crippen LogP contribution in [0.25, 0.3) is 0 Å². The molecule has 1 fully saturated rings.